The van der Waals surface area contributed by atoms with Gasteiger partial charge in [0.15, 0.2) is 6.10 Å². The quantitative estimate of drug-likeness (QED) is 0.339. The van der Waals surface area contributed by atoms with Crippen LogP contribution < -0.4 is 20.3 Å². The maximum atomic E-state index is 12.8. The molecule has 5 rings (SSSR count). The lowest BCUT2D eigenvalue weighted by Gasteiger charge is -2.41. The molecule has 0 aliphatic carbocycles. The number of carboxylic acid groups (broad SMARTS) is 1. The van der Waals surface area contributed by atoms with Gasteiger partial charge in [-0.15, -0.1) is 0 Å². The van der Waals surface area contributed by atoms with Crippen LogP contribution in [0.15, 0.2) is 24.3 Å². The molecule has 1 atom stereocenters. The summed E-state index contributed by atoms with van der Waals surface area (Å²) in [5.41, 5.74) is 13.1. The maximum Gasteiger partial charge on any atom is 0.337 e. The fraction of sp³-hybridized carbons (Fsp3) is 0.529. The van der Waals surface area contributed by atoms with Gasteiger partial charge in [-0.1, -0.05) is 32.0 Å². The number of carbonyl (C=O) groups is 1. The molecule has 3 aromatic rings. The molecule has 0 bridgehead atoms. The van der Waals surface area contributed by atoms with Crippen LogP contribution in [0.5, 0.6) is 5.88 Å². The first-order valence-electron chi connectivity index (χ1n) is 15.4. The number of rotatable bonds is 7. The highest BCUT2D eigenvalue weighted by atomic mass is 16.5. The molecular formula is C34H46N6O4. The number of piperidine rings is 1. The summed E-state index contributed by atoms with van der Waals surface area (Å²) < 4.78 is 11.5. The third kappa shape index (κ3) is 6.60. The van der Waals surface area contributed by atoms with E-state index in [4.69, 9.17) is 20.2 Å². The number of pyridine rings is 1. The van der Waals surface area contributed by atoms with E-state index in [1.165, 1.54) is 11.1 Å². The highest BCUT2D eigenvalue weighted by molar-refractivity contribution is 5.88. The van der Waals surface area contributed by atoms with E-state index in [2.05, 4.69) is 51.8 Å². The number of nitrogens with two attached hydrogens (primary N) is 1. The molecule has 1 fully saturated rings. The topological polar surface area (TPSA) is 127 Å². The number of carboxylic acids is 1. The van der Waals surface area contributed by atoms with Gasteiger partial charge in [0.1, 0.15) is 5.82 Å². The van der Waals surface area contributed by atoms with Gasteiger partial charge in [0.05, 0.1) is 18.4 Å². The molecule has 236 valence electrons. The first-order chi connectivity index (χ1) is 20.7. The lowest BCUT2D eigenvalue weighted by atomic mass is 9.81. The van der Waals surface area contributed by atoms with Crippen LogP contribution in [0.3, 0.4) is 0 Å². The van der Waals surface area contributed by atoms with Gasteiger partial charge in [-0.05, 0) is 76.0 Å². The Labute approximate surface area is 260 Å². The molecule has 1 saturated heterocycles. The second-order valence-corrected chi connectivity index (χ2v) is 13.8. The van der Waals surface area contributed by atoms with Crippen molar-refractivity contribution in [1.82, 2.24) is 15.0 Å². The second kappa shape index (κ2) is 11.9. The van der Waals surface area contributed by atoms with E-state index >= 15 is 0 Å². The van der Waals surface area contributed by atoms with Gasteiger partial charge in [-0.2, -0.15) is 9.97 Å². The van der Waals surface area contributed by atoms with Gasteiger partial charge in [0, 0.05) is 54.8 Å². The fourth-order valence-electron chi connectivity index (χ4n) is 6.36. The molecule has 1 aromatic carbocycles. The molecule has 4 heterocycles. The number of aliphatic carboxylic acids is 1. The Balaban J connectivity index is 1.60. The number of nitrogen functional groups attached to an aromatic ring is 1. The van der Waals surface area contributed by atoms with Crippen molar-refractivity contribution in [3.05, 3.63) is 52.3 Å². The number of methoxy groups -OCH3 is 1. The maximum absolute atomic E-state index is 12.8. The van der Waals surface area contributed by atoms with Crippen LogP contribution >= 0.6 is 0 Å². The van der Waals surface area contributed by atoms with Crippen molar-refractivity contribution in [3.8, 4) is 17.0 Å². The van der Waals surface area contributed by atoms with Gasteiger partial charge >= 0.3 is 5.97 Å². The third-order valence-corrected chi connectivity index (χ3v) is 8.72. The number of benzene rings is 1. The van der Waals surface area contributed by atoms with E-state index in [1.54, 1.807) is 7.11 Å². The van der Waals surface area contributed by atoms with Gasteiger partial charge in [0.2, 0.25) is 11.8 Å². The van der Waals surface area contributed by atoms with Crippen LogP contribution in [0.2, 0.25) is 0 Å². The van der Waals surface area contributed by atoms with Crippen molar-refractivity contribution >= 4 is 23.4 Å². The summed E-state index contributed by atoms with van der Waals surface area (Å²) in [4.78, 5) is 30.9. The molecule has 2 aliphatic heterocycles. The fourth-order valence-corrected chi connectivity index (χ4v) is 6.36. The monoisotopic (exact) mass is 602 g/mol. The Bertz CT molecular complexity index is 1550. The van der Waals surface area contributed by atoms with Crippen LogP contribution in [0.4, 0.5) is 17.5 Å². The molecule has 10 nitrogen and oxygen atoms in total. The minimum absolute atomic E-state index is 0.183. The first kappa shape index (κ1) is 31.5. The second-order valence-electron chi connectivity index (χ2n) is 13.8. The van der Waals surface area contributed by atoms with Crippen molar-refractivity contribution in [1.29, 1.82) is 0 Å². The summed E-state index contributed by atoms with van der Waals surface area (Å²) in [6.45, 7) is 17.3. The predicted octanol–water partition coefficient (Wildman–Crippen LogP) is 5.88. The van der Waals surface area contributed by atoms with Gasteiger partial charge < -0.3 is 30.1 Å². The third-order valence-electron chi connectivity index (χ3n) is 8.72. The Morgan fingerprint density at radius 3 is 2.34 bits per heavy atom. The van der Waals surface area contributed by atoms with Crippen molar-refractivity contribution in [3.63, 3.8) is 0 Å². The molecule has 3 N–H and O–H groups in total. The number of aryl methyl sites for hydroxylation is 2. The van der Waals surface area contributed by atoms with Crippen LogP contribution in [-0.4, -0.2) is 58.4 Å². The van der Waals surface area contributed by atoms with Crippen LogP contribution in [-0.2, 0) is 22.5 Å². The summed E-state index contributed by atoms with van der Waals surface area (Å²) >= 11 is 0. The van der Waals surface area contributed by atoms with Gasteiger partial charge in [-0.3, -0.25) is 4.98 Å². The van der Waals surface area contributed by atoms with Crippen LogP contribution in [0.25, 0.3) is 11.1 Å². The number of ether oxygens (including phenoxy) is 2. The number of nitrogens with zero attached hydrogens (tertiary/aromatic N) is 5. The summed E-state index contributed by atoms with van der Waals surface area (Å²) in [5, 5.41) is 10.5. The average molecular weight is 603 g/mol. The van der Waals surface area contributed by atoms with Gasteiger partial charge in [-0.25, -0.2) is 4.79 Å². The molecule has 0 radical (unpaired) electrons. The molecule has 10 heteroatoms. The Morgan fingerprint density at radius 2 is 1.70 bits per heavy atom. The molecular weight excluding hydrogens is 556 g/mol. The van der Waals surface area contributed by atoms with E-state index in [0.717, 1.165) is 67.2 Å². The standard InChI is InChI=1S/C34H46N6O4/c1-20-27(23-9-10-24-19-40(14-11-22(24)17-23)25-18-26(43-8)38-32(35)37-25)29(39-15-12-34(6,7)13-16-39)28(21(2)36-20)30(31(41)42)44-33(3,4)5/h9-10,17-18,30H,11-16,19H2,1-8H3,(H,41,42)(H2,35,37,38). The lowest BCUT2D eigenvalue weighted by Crippen LogP contribution is -2.39. The number of fused-ring (bicyclic) bond motifs is 1. The van der Waals surface area contributed by atoms with E-state index < -0.39 is 17.7 Å². The molecule has 44 heavy (non-hydrogen) atoms. The smallest absolute Gasteiger partial charge is 0.337 e. The van der Waals surface area contributed by atoms with E-state index in [9.17, 15) is 9.90 Å². The van der Waals surface area contributed by atoms with E-state index in [1.807, 2.05) is 40.7 Å². The molecule has 1 unspecified atom stereocenters. The van der Waals surface area contributed by atoms with Gasteiger partial charge in [0.25, 0.3) is 0 Å². The van der Waals surface area contributed by atoms with Crippen LogP contribution in [0, 0.1) is 19.3 Å². The Kier molecular flexibility index (Phi) is 8.50. The highest BCUT2D eigenvalue weighted by Crippen LogP contribution is 2.45. The van der Waals surface area contributed by atoms with Crippen molar-refractivity contribution in [2.24, 2.45) is 5.41 Å². The Morgan fingerprint density at radius 1 is 1.00 bits per heavy atom. The van der Waals surface area contributed by atoms with Crippen molar-refractivity contribution < 1.29 is 19.4 Å². The molecule has 2 aliphatic rings. The summed E-state index contributed by atoms with van der Waals surface area (Å²) in [6.07, 6.45) is 1.71. The zero-order valence-electron chi connectivity index (χ0n) is 27.3. The number of anilines is 3. The number of hydrogen-bond acceptors (Lipinski definition) is 9. The van der Waals surface area contributed by atoms with Crippen molar-refractivity contribution in [2.75, 3.05) is 42.3 Å². The molecule has 0 spiro atoms. The largest absolute Gasteiger partial charge is 0.481 e. The normalized spacial score (nSPS) is 17.3. The van der Waals surface area contributed by atoms with Crippen LogP contribution in [0.1, 0.15) is 81.6 Å². The first-order valence-corrected chi connectivity index (χ1v) is 15.4. The zero-order chi connectivity index (χ0) is 32.0. The molecule has 0 saturated carbocycles. The van der Waals surface area contributed by atoms with Crippen molar-refractivity contribution in [2.45, 2.75) is 86.0 Å². The predicted molar refractivity (Wildman–Crippen MR) is 173 cm³/mol. The highest BCUT2D eigenvalue weighted by Gasteiger charge is 2.36. The van der Waals surface area contributed by atoms with E-state index in [-0.39, 0.29) is 11.4 Å². The zero-order valence-corrected chi connectivity index (χ0v) is 27.3. The lowest BCUT2D eigenvalue weighted by molar-refractivity contribution is -0.160. The average Bonchev–Trinajstić information content (AvgIpc) is 2.94. The molecule has 0 amide bonds. The summed E-state index contributed by atoms with van der Waals surface area (Å²) in [7, 11) is 1.57. The minimum atomic E-state index is -1.14. The SMILES string of the molecule is COc1cc(N2CCc3cc(-c4c(C)nc(C)c(C(OC(C)(C)C)C(=O)O)c4N4CCC(C)(C)CC4)ccc3C2)nc(N)n1. The molecule has 2 aromatic heterocycles. The number of hydrogen-bond donors (Lipinski definition) is 2. The summed E-state index contributed by atoms with van der Waals surface area (Å²) in [5.74, 6) is 0.352. The van der Waals surface area contributed by atoms with E-state index in [0.29, 0.717) is 23.7 Å². The minimum Gasteiger partial charge on any atom is -0.481 e. The summed E-state index contributed by atoms with van der Waals surface area (Å²) in [6, 6.07) is 8.37. The Hall–Kier alpha value is -3.92. The number of aromatic nitrogens is 3.